The number of aromatic nitrogens is 4. The summed E-state index contributed by atoms with van der Waals surface area (Å²) < 4.78 is 8.16. The molecule has 0 fully saturated rings. The first kappa shape index (κ1) is 26.0. The van der Waals surface area contributed by atoms with Gasteiger partial charge in [-0.2, -0.15) is 0 Å². The second-order valence-corrected chi connectivity index (χ2v) is 10.1. The number of aromatic amines is 1. The maximum atomic E-state index is 13.4. The van der Waals surface area contributed by atoms with Crippen LogP contribution in [0.25, 0.3) is 33.1 Å². The van der Waals surface area contributed by atoms with Gasteiger partial charge >= 0.3 is 0 Å². The van der Waals surface area contributed by atoms with Gasteiger partial charge < -0.3 is 19.6 Å². The standard InChI is InChI=1S/C33H29N5O3/c1-5-21-11-13-26-24(16-21)30(39)28(20(3)38(26)4)32(40)37-23-12-14-27(19(2)15-23)41-33-29-25(22-9-7-6-8-10-22)17-34-31(29)35-18-36-33/h6-18H,5H2,1-4H3,(H,37,40)(H,34,35,36). The van der Waals surface area contributed by atoms with Crippen LogP contribution in [0.4, 0.5) is 5.69 Å². The van der Waals surface area contributed by atoms with E-state index in [1.54, 1.807) is 19.1 Å². The minimum absolute atomic E-state index is 0.135. The number of carbonyl (C=O) groups excluding carboxylic acids is 1. The Hall–Kier alpha value is -5.24. The van der Waals surface area contributed by atoms with E-state index in [1.807, 2.05) is 86.3 Å². The molecule has 0 aliphatic rings. The van der Waals surface area contributed by atoms with E-state index in [1.165, 1.54) is 6.33 Å². The van der Waals surface area contributed by atoms with Crippen molar-refractivity contribution in [3.8, 4) is 22.8 Å². The first-order valence-corrected chi connectivity index (χ1v) is 13.4. The van der Waals surface area contributed by atoms with Gasteiger partial charge in [-0.1, -0.05) is 43.3 Å². The number of anilines is 1. The number of hydrogen-bond acceptors (Lipinski definition) is 5. The molecule has 2 N–H and O–H groups in total. The Balaban J connectivity index is 1.30. The topological polar surface area (TPSA) is 102 Å². The number of rotatable bonds is 6. The predicted octanol–water partition coefficient (Wildman–Crippen LogP) is 6.70. The number of fused-ring (bicyclic) bond motifs is 2. The summed E-state index contributed by atoms with van der Waals surface area (Å²) in [4.78, 5) is 38.8. The molecule has 0 atom stereocenters. The molecule has 0 spiro atoms. The van der Waals surface area contributed by atoms with Gasteiger partial charge in [-0.25, -0.2) is 9.97 Å². The molecule has 41 heavy (non-hydrogen) atoms. The fourth-order valence-electron chi connectivity index (χ4n) is 5.19. The Morgan fingerprint density at radius 3 is 2.59 bits per heavy atom. The van der Waals surface area contributed by atoms with Gasteiger partial charge in [0.15, 0.2) is 0 Å². The van der Waals surface area contributed by atoms with E-state index in [9.17, 15) is 9.59 Å². The number of amides is 1. The largest absolute Gasteiger partial charge is 0.438 e. The van der Waals surface area contributed by atoms with Crippen molar-refractivity contribution in [1.29, 1.82) is 0 Å². The Kier molecular flexibility index (Phi) is 6.59. The van der Waals surface area contributed by atoms with Crippen LogP contribution < -0.4 is 15.5 Å². The van der Waals surface area contributed by atoms with Crippen LogP contribution >= 0.6 is 0 Å². The monoisotopic (exact) mass is 543 g/mol. The summed E-state index contributed by atoms with van der Waals surface area (Å²) >= 11 is 0. The highest BCUT2D eigenvalue weighted by Gasteiger charge is 2.20. The SMILES string of the molecule is CCc1ccc2c(c1)c(=O)c(C(=O)Nc1ccc(Oc3ncnc4[nH]cc(-c5ccccc5)c34)c(C)c1)c(C)n2C. The highest BCUT2D eigenvalue weighted by molar-refractivity contribution is 6.07. The second-order valence-electron chi connectivity index (χ2n) is 10.1. The lowest BCUT2D eigenvalue weighted by molar-refractivity contribution is 0.102. The lowest BCUT2D eigenvalue weighted by atomic mass is 10.0. The van der Waals surface area contributed by atoms with Crippen molar-refractivity contribution in [2.75, 3.05) is 5.32 Å². The van der Waals surface area contributed by atoms with Gasteiger partial charge in [0.1, 0.15) is 23.3 Å². The number of aryl methyl sites for hydroxylation is 3. The molecule has 3 aromatic heterocycles. The molecule has 0 saturated carbocycles. The van der Waals surface area contributed by atoms with E-state index in [0.29, 0.717) is 34.0 Å². The molecule has 3 heterocycles. The molecule has 8 nitrogen and oxygen atoms in total. The molecule has 6 rings (SSSR count). The molecule has 1 amide bonds. The molecule has 0 unspecified atom stereocenters. The van der Waals surface area contributed by atoms with Crippen molar-refractivity contribution < 1.29 is 9.53 Å². The van der Waals surface area contributed by atoms with E-state index in [2.05, 4.69) is 20.3 Å². The van der Waals surface area contributed by atoms with Gasteiger partial charge in [0.2, 0.25) is 11.3 Å². The van der Waals surface area contributed by atoms with Crippen molar-refractivity contribution in [2.45, 2.75) is 27.2 Å². The third kappa shape index (κ3) is 4.63. The summed E-state index contributed by atoms with van der Waals surface area (Å²) in [5.41, 5.74) is 6.31. The molecule has 0 aliphatic carbocycles. The Morgan fingerprint density at radius 1 is 1.02 bits per heavy atom. The summed E-state index contributed by atoms with van der Waals surface area (Å²) in [6.45, 7) is 5.72. The van der Waals surface area contributed by atoms with Crippen molar-refractivity contribution in [3.63, 3.8) is 0 Å². The van der Waals surface area contributed by atoms with Crippen LogP contribution in [0.5, 0.6) is 11.6 Å². The lowest BCUT2D eigenvalue weighted by Crippen LogP contribution is -2.26. The Bertz CT molecular complexity index is 2010. The zero-order valence-corrected chi connectivity index (χ0v) is 23.3. The molecule has 0 aliphatic heterocycles. The van der Waals surface area contributed by atoms with Gasteiger partial charge in [-0.15, -0.1) is 0 Å². The van der Waals surface area contributed by atoms with Gasteiger partial charge in [-0.3, -0.25) is 9.59 Å². The molecule has 204 valence electrons. The van der Waals surface area contributed by atoms with Gasteiger partial charge in [0.05, 0.1) is 10.9 Å². The number of hydrogen-bond donors (Lipinski definition) is 2. The summed E-state index contributed by atoms with van der Waals surface area (Å²) in [6.07, 6.45) is 4.16. The van der Waals surface area contributed by atoms with Crippen molar-refractivity contribution in [3.05, 3.63) is 112 Å². The van der Waals surface area contributed by atoms with Crippen LogP contribution in [0.3, 0.4) is 0 Å². The molecule has 3 aromatic carbocycles. The highest BCUT2D eigenvalue weighted by atomic mass is 16.5. The van der Waals surface area contributed by atoms with Crippen LogP contribution in [0.2, 0.25) is 0 Å². The van der Waals surface area contributed by atoms with Crippen molar-refractivity contribution in [2.24, 2.45) is 7.05 Å². The Morgan fingerprint density at radius 2 is 1.83 bits per heavy atom. The maximum Gasteiger partial charge on any atom is 0.261 e. The fourth-order valence-corrected chi connectivity index (χ4v) is 5.19. The van der Waals surface area contributed by atoms with Crippen LogP contribution in [0, 0.1) is 13.8 Å². The maximum absolute atomic E-state index is 13.4. The smallest absolute Gasteiger partial charge is 0.261 e. The van der Waals surface area contributed by atoms with E-state index in [0.717, 1.165) is 39.6 Å². The van der Waals surface area contributed by atoms with Gasteiger partial charge in [-0.05, 0) is 67.3 Å². The van der Waals surface area contributed by atoms with E-state index >= 15 is 0 Å². The van der Waals surface area contributed by atoms with Crippen LogP contribution in [0.15, 0.2) is 84.0 Å². The number of carbonyl (C=O) groups is 1. The highest BCUT2D eigenvalue weighted by Crippen LogP contribution is 2.36. The molecule has 6 aromatic rings. The zero-order valence-electron chi connectivity index (χ0n) is 23.3. The summed E-state index contributed by atoms with van der Waals surface area (Å²) in [5, 5.41) is 4.23. The Labute approximate surface area is 236 Å². The third-order valence-corrected chi connectivity index (χ3v) is 7.55. The number of ether oxygens (including phenoxy) is 1. The van der Waals surface area contributed by atoms with Crippen molar-refractivity contribution in [1.82, 2.24) is 19.5 Å². The first-order chi connectivity index (χ1) is 19.9. The van der Waals surface area contributed by atoms with Crippen LogP contribution in [-0.2, 0) is 13.5 Å². The molecule has 0 bridgehead atoms. The summed E-state index contributed by atoms with van der Waals surface area (Å²) in [5.74, 6) is 0.571. The number of pyridine rings is 1. The molecular weight excluding hydrogens is 514 g/mol. The van der Waals surface area contributed by atoms with E-state index < -0.39 is 5.91 Å². The minimum Gasteiger partial charge on any atom is -0.438 e. The van der Waals surface area contributed by atoms with Crippen LogP contribution in [-0.4, -0.2) is 25.4 Å². The fraction of sp³-hybridized carbons (Fsp3) is 0.152. The van der Waals surface area contributed by atoms with Gasteiger partial charge in [0.25, 0.3) is 5.91 Å². The van der Waals surface area contributed by atoms with E-state index in [-0.39, 0.29) is 11.0 Å². The van der Waals surface area contributed by atoms with Crippen LogP contribution in [0.1, 0.15) is 34.1 Å². The minimum atomic E-state index is -0.447. The lowest BCUT2D eigenvalue weighted by Gasteiger charge is -2.15. The number of nitrogens with one attached hydrogen (secondary N) is 2. The quantitative estimate of drug-likeness (QED) is 0.243. The molecule has 0 radical (unpaired) electrons. The average Bonchev–Trinajstić information content (AvgIpc) is 3.43. The molecule has 0 saturated heterocycles. The predicted molar refractivity (Wildman–Crippen MR) is 162 cm³/mol. The van der Waals surface area contributed by atoms with Gasteiger partial charge in [0, 0.05) is 35.6 Å². The third-order valence-electron chi connectivity index (χ3n) is 7.55. The van der Waals surface area contributed by atoms with E-state index in [4.69, 9.17) is 4.74 Å². The summed E-state index contributed by atoms with van der Waals surface area (Å²) in [7, 11) is 1.87. The zero-order chi connectivity index (χ0) is 28.7. The van der Waals surface area contributed by atoms with Crippen molar-refractivity contribution >= 4 is 33.5 Å². The molecule has 8 heteroatoms. The summed E-state index contributed by atoms with van der Waals surface area (Å²) in [6, 6.07) is 21.2. The number of benzene rings is 3. The number of nitrogens with zero attached hydrogens (tertiary/aromatic N) is 3. The first-order valence-electron chi connectivity index (χ1n) is 13.4. The normalized spacial score (nSPS) is 11.2. The number of H-pyrrole nitrogens is 1. The second kappa shape index (κ2) is 10.4. The average molecular weight is 544 g/mol. The molecular formula is C33H29N5O3.